The first-order valence-corrected chi connectivity index (χ1v) is 9.35. The van der Waals surface area contributed by atoms with E-state index < -0.39 is 17.3 Å². The largest absolute Gasteiger partial charge is 0.444 e. The van der Waals surface area contributed by atoms with Crippen LogP contribution >= 0.6 is 0 Å². The standard InChI is InChI=1S/C21H26F3NO2/c1-13-8-14(10-16(9-13)21(22,23)24)15-11-17-6-5-7-18(12-15)25(17)19(26)27-20(2,3)4/h8-11,17-18H,5-7,12H2,1-4H3. The Kier molecular flexibility index (Phi) is 5.04. The number of fused-ring (bicyclic) bond motifs is 2. The molecule has 3 rings (SSSR count). The molecule has 0 saturated carbocycles. The number of hydrogen-bond acceptors (Lipinski definition) is 2. The van der Waals surface area contributed by atoms with Crippen LogP contribution in [0.1, 0.15) is 63.1 Å². The molecule has 0 aromatic heterocycles. The molecule has 2 bridgehead atoms. The van der Waals surface area contributed by atoms with Gasteiger partial charge in [0, 0.05) is 6.04 Å². The number of rotatable bonds is 1. The van der Waals surface area contributed by atoms with E-state index in [0.717, 1.165) is 24.8 Å². The van der Waals surface area contributed by atoms with Gasteiger partial charge in [0.05, 0.1) is 11.6 Å². The van der Waals surface area contributed by atoms with Crippen LogP contribution in [0.3, 0.4) is 0 Å². The lowest BCUT2D eigenvalue weighted by Crippen LogP contribution is -2.53. The molecule has 2 unspecified atom stereocenters. The number of carbonyl (C=O) groups is 1. The molecule has 2 aliphatic rings. The number of benzene rings is 1. The summed E-state index contributed by atoms with van der Waals surface area (Å²) in [6, 6.07) is 4.02. The molecule has 2 aliphatic heterocycles. The van der Waals surface area contributed by atoms with Gasteiger partial charge < -0.3 is 4.74 Å². The highest BCUT2D eigenvalue weighted by Crippen LogP contribution is 2.39. The van der Waals surface area contributed by atoms with Gasteiger partial charge in [-0.15, -0.1) is 0 Å². The van der Waals surface area contributed by atoms with Crippen molar-refractivity contribution in [2.45, 2.75) is 77.2 Å². The van der Waals surface area contributed by atoms with Gasteiger partial charge >= 0.3 is 12.3 Å². The van der Waals surface area contributed by atoms with E-state index in [1.165, 1.54) is 12.1 Å². The number of amides is 1. The van der Waals surface area contributed by atoms with E-state index >= 15 is 0 Å². The van der Waals surface area contributed by atoms with Crippen LogP contribution in [0.25, 0.3) is 5.57 Å². The summed E-state index contributed by atoms with van der Waals surface area (Å²) in [7, 11) is 0. The van der Waals surface area contributed by atoms with Gasteiger partial charge in [0.1, 0.15) is 5.60 Å². The van der Waals surface area contributed by atoms with Gasteiger partial charge in [-0.1, -0.05) is 12.1 Å². The van der Waals surface area contributed by atoms with Crippen molar-refractivity contribution in [1.29, 1.82) is 0 Å². The summed E-state index contributed by atoms with van der Waals surface area (Å²) in [4.78, 5) is 14.4. The number of halogens is 3. The second-order valence-corrected chi connectivity index (χ2v) is 8.52. The molecule has 0 aliphatic carbocycles. The molecule has 1 aromatic rings. The van der Waals surface area contributed by atoms with Crippen molar-refractivity contribution < 1.29 is 22.7 Å². The first-order chi connectivity index (χ1) is 12.4. The van der Waals surface area contributed by atoms with E-state index in [4.69, 9.17) is 4.74 Å². The Balaban J connectivity index is 1.92. The Morgan fingerprint density at radius 3 is 2.44 bits per heavy atom. The molecule has 148 valence electrons. The average molecular weight is 381 g/mol. The van der Waals surface area contributed by atoms with Crippen molar-refractivity contribution in [3.05, 3.63) is 41.0 Å². The predicted octanol–water partition coefficient (Wildman–Crippen LogP) is 5.96. The number of alkyl halides is 3. The molecule has 1 fully saturated rings. The summed E-state index contributed by atoms with van der Waals surface area (Å²) in [6.07, 6.45) is 0.439. The van der Waals surface area contributed by atoms with Crippen molar-refractivity contribution in [3.8, 4) is 0 Å². The van der Waals surface area contributed by atoms with Gasteiger partial charge in [-0.25, -0.2) is 4.79 Å². The Morgan fingerprint density at radius 2 is 1.85 bits per heavy atom. The SMILES string of the molecule is Cc1cc(C2=CC3CCCC(C2)N3C(=O)OC(C)(C)C)cc(C(F)(F)F)c1. The second kappa shape index (κ2) is 6.88. The number of nitrogens with zero attached hydrogens (tertiary/aromatic N) is 1. The average Bonchev–Trinajstić information content (AvgIpc) is 2.50. The molecule has 0 spiro atoms. The van der Waals surface area contributed by atoms with E-state index in [-0.39, 0.29) is 18.2 Å². The maximum atomic E-state index is 13.2. The zero-order valence-electron chi connectivity index (χ0n) is 16.2. The van der Waals surface area contributed by atoms with E-state index in [0.29, 0.717) is 17.5 Å². The first kappa shape index (κ1) is 19.8. The maximum Gasteiger partial charge on any atom is 0.416 e. The van der Waals surface area contributed by atoms with E-state index in [2.05, 4.69) is 0 Å². The molecule has 1 amide bonds. The minimum Gasteiger partial charge on any atom is -0.444 e. The van der Waals surface area contributed by atoms with E-state index in [9.17, 15) is 18.0 Å². The fourth-order valence-electron chi connectivity index (χ4n) is 3.98. The van der Waals surface area contributed by atoms with E-state index in [1.54, 1.807) is 17.9 Å². The molecule has 2 heterocycles. The maximum absolute atomic E-state index is 13.2. The van der Waals surface area contributed by atoms with Crippen molar-refractivity contribution in [2.24, 2.45) is 0 Å². The summed E-state index contributed by atoms with van der Waals surface area (Å²) < 4.78 is 45.1. The number of piperidine rings is 1. The Hall–Kier alpha value is -1.98. The number of carbonyl (C=O) groups excluding carboxylic acids is 1. The summed E-state index contributed by atoms with van der Waals surface area (Å²) in [6.45, 7) is 7.17. The fourth-order valence-corrected chi connectivity index (χ4v) is 3.98. The van der Waals surface area contributed by atoms with Crippen LogP contribution in [-0.2, 0) is 10.9 Å². The first-order valence-electron chi connectivity index (χ1n) is 9.35. The van der Waals surface area contributed by atoms with Gasteiger partial charge in [0.2, 0.25) is 0 Å². The molecule has 0 radical (unpaired) electrons. The molecule has 0 N–H and O–H groups in total. The van der Waals surface area contributed by atoms with Crippen LogP contribution in [0.4, 0.5) is 18.0 Å². The fraction of sp³-hybridized carbons (Fsp3) is 0.571. The van der Waals surface area contributed by atoms with Crippen molar-refractivity contribution in [2.75, 3.05) is 0 Å². The quantitative estimate of drug-likeness (QED) is 0.601. The Bertz CT molecular complexity index is 762. The Morgan fingerprint density at radius 1 is 1.15 bits per heavy atom. The molecule has 27 heavy (non-hydrogen) atoms. The second-order valence-electron chi connectivity index (χ2n) is 8.52. The summed E-state index contributed by atoms with van der Waals surface area (Å²) in [5.74, 6) is 0. The van der Waals surface area contributed by atoms with Gasteiger partial charge in [-0.05, 0) is 82.2 Å². The molecule has 6 heteroatoms. The lowest BCUT2D eigenvalue weighted by Gasteiger charge is -2.45. The molecular formula is C21H26F3NO2. The van der Waals surface area contributed by atoms with Crippen LogP contribution < -0.4 is 0 Å². The van der Waals surface area contributed by atoms with Crippen molar-refractivity contribution >= 4 is 11.7 Å². The molecule has 2 atom stereocenters. The Labute approximate surface area is 158 Å². The molecule has 1 aromatic carbocycles. The lowest BCUT2D eigenvalue weighted by molar-refractivity contribution is -0.137. The number of aryl methyl sites for hydroxylation is 1. The highest BCUT2D eigenvalue weighted by Gasteiger charge is 2.40. The highest BCUT2D eigenvalue weighted by atomic mass is 19.4. The highest BCUT2D eigenvalue weighted by molar-refractivity contribution is 5.75. The van der Waals surface area contributed by atoms with Gasteiger partial charge in [0.25, 0.3) is 0 Å². The monoisotopic (exact) mass is 381 g/mol. The third-order valence-corrected chi connectivity index (χ3v) is 5.02. The molecule has 1 saturated heterocycles. The van der Waals surface area contributed by atoms with Crippen molar-refractivity contribution in [3.63, 3.8) is 0 Å². The zero-order chi connectivity index (χ0) is 20.0. The van der Waals surface area contributed by atoms with Crippen LogP contribution in [0, 0.1) is 6.92 Å². The summed E-state index contributed by atoms with van der Waals surface area (Å²) >= 11 is 0. The van der Waals surface area contributed by atoms with Gasteiger partial charge in [-0.3, -0.25) is 4.90 Å². The van der Waals surface area contributed by atoms with Crippen LogP contribution in [0.15, 0.2) is 24.3 Å². The summed E-state index contributed by atoms with van der Waals surface area (Å²) in [5.41, 5.74) is 0.869. The van der Waals surface area contributed by atoms with E-state index in [1.807, 2.05) is 26.8 Å². The third kappa shape index (κ3) is 4.47. The molecular weight excluding hydrogens is 355 g/mol. The minimum atomic E-state index is -4.37. The number of ether oxygens (including phenoxy) is 1. The minimum absolute atomic E-state index is 0.0338. The third-order valence-electron chi connectivity index (χ3n) is 5.02. The van der Waals surface area contributed by atoms with Crippen LogP contribution in [0.2, 0.25) is 0 Å². The van der Waals surface area contributed by atoms with Crippen molar-refractivity contribution in [1.82, 2.24) is 4.90 Å². The summed E-state index contributed by atoms with van der Waals surface area (Å²) in [5, 5.41) is 0. The van der Waals surface area contributed by atoms with Crippen LogP contribution in [0.5, 0.6) is 0 Å². The normalized spacial score (nSPS) is 23.1. The van der Waals surface area contributed by atoms with Crippen LogP contribution in [-0.4, -0.2) is 28.7 Å². The van der Waals surface area contributed by atoms with Gasteiger partial charge in [0.15, 0.2) is 0 Å². The number of hydrogen-bond donors (Lipinski definition) is 0. The smallest absolute Gasteiger partial charge is 0.416 e. The predicted molar refractivity (Wildman–Crippen MR) is 98.3 cm³/mol. The lowest BCUT2D eigenvalue weighted by atomic mass is 9.82. The molecule has 3 nitrogen and oxygen atoms in total. The zero-order valence-corrected chi connectivity index (χ0v) is 16.2. The topological polar surface area (TPSA) is 29.5 Å². The van der Waals surface area contributed by atoms with Gasteiger partial charge in [-0.2, -0.15) is 13.2 Å².